The van der Waals surface area contributed by atoms with Crippen molar-refractivity contribution in [2.24, 2.45) is 0 Å². The van der Waals surface area contributed by atoms with Gasteiger partial charge in [-0.3, -0.25) is 0 Å². The zero-order valence-corrected chi connectivity index (χ0v) is 10.6. The average molecular weight is 243 g/mol. The lowest BCUT2D eigenvalue weighted by atomic mass is 10.1. The van der Waals surface area contributed by atoms with Crippen LogP contribution in [0.3, 0.4) is 0 Å². The summed E-state index contributed by atoms with van der Waals surface area (Å²) in [6.45, 7) is 2.56. The molecule has 0 aromatic heterocycles. The van der Waals surface area contributed by atoms with E-state index in [1.807, 2.05) is 49.4 Å². The van der Waals surface area contributed by atoms with E-state index in [9.17, 15) is 0 Å². The van der Waals surface area contributed by atoms with Crippen LogP contribution in [0.1, 0.15) is 11.1 Å². The van der Waals surface area contributed by atoms with Gasteiger partial charge in [0.25, 0.3) is 0 Å². The van der Waals surface area contributed by atoms with Crippen LogP contribution in [0.25, 0.3) is 0 Å². The van der Waals surface area contributed by atoms with Crippen LogP contribution < -0.4 is 15.2 Å². The number of rotatable bonds is 4. The molecule has 0 amide bonds. The maximum Gasteiger partial charge on any atom is 0.123 e. The zero-order valence-electron chi connectivity index (χ0n) is 10.6. The second-order valence-electron chi connectivity index (χ2n) is 4.15. The molecule has 0 unspecified atom stereocenters. The van der Waals surface area contributed by atoms with E-state index in [1.165, 1.54) is 0 Å². The summed E-state index contributed by atoms with van der Waals surface area (Å²) in [7, 11) is 1.64. The molecule has 3 nitrogen and oxygen atoms in total. The van der Waals surface area contributed by atoms with Crippen molar-refractivity contribution in [1.29, 1.82) is 0 Å². The predicted molar refractivity (Wildman–Crippen MR) is 72.9 cm³/mol. The Kier molecular flexibility index (Phi) is 3.72. The van der Waals surface area contributed by atoms with Gasteiger partial charge in [0.05, 0.1) is 7.11 Å². The van der Waals surface area contributed by atoms with E-state index in [0.717, 1.165) is 28.3 Å². The molecule has 18 heavy (non-hydrogen) atoms. The highest BCUT2D eigenvalue weighted by molar-refractivity contribution is 5.44. The Morgan fingerprint density at radius 2 is 1.83 bits per heavy atom. The highest BCUT2D eigenvalue weighted by Gasteiger charge is 2.01. The van der Waals surface area contributed by atoms with Gasteiger partial charge >= 0.3 is 0 Å². The van der Waals surface area contributed by atoms with Crippen molar-refractivity contribution in [3.05, 3.63) is 53.6 Å². The van der Waals surface area contributed by atoms with Crippen molar-refractivity contribution in [1.82, 2.24) is 0 Å². The number of aryl methyl sites for hydroxylation is 1. The van der Waals surface area contributed by atoms with Crippen LogP contribution in [-0.4, -0.2) is 7.11 Å². The first kappa shape index (κ1) is 12.3. The maximum absolute atomic E-state index is 5.73. The van der Waals surface area contributed by atoms with Gasteiger partial charge in [-0.25, -0.2) is 0 Å². The molecule has 0 aliphatic heterocycles. The van der Waals surface area contributed by atoms with Crippen LogP contribution in [0.5, 0.6) is 11.5 Å². The first-order valence-electron chi connectivity index (χ1n) is 5.81. The summed E-state index contributed by atoms with van der Waals surface area (Å²) >= 11 is 0. The standard InChI is InChI=1S/C15H17NO2/c1-11-8-13(16)7-6-12(11)10-18-15-5-3-4-14(9-15)17-2/h3-9H,10,16H2,1-2H3. The summed E-state index contributed by atoms with van der Waals surface area (Å²) in [4.78, 5) is 0. The van der Waals surface area contributed by atoms with Gasteiger partial charge in [-0.2, -0.15) is 0 Å². The second-order valence-corrected chi connectivity index (χ2v) is 4.15. The van der Waals surface area contributed by atoms with Crippen molar-refractivity contribution in [2.75, 3.05) is 12.8 Å². The molecule has 2 aromatic carbocycles. The molecule has 0 bridgehead atoms. The normalized spacial score (nSPS) is 10.1. The average Bonchev–Trinajstić information content (AvgIpc) is 2.38. The van der Waals surface area contributed by atoms with Crippen molar-refractivity contribution in [2.45, 2.75) is 13.5 Å². The quantitative estimate of drug-likeness (QED) is 0.839. The van der Waals surface area contributed by atoms with Gasteiger partial charge in [0.15, 0.2) is 0 Å². The molecule has 0 aliphatic carbocycles. The van der Waals surface area contributed by atoms with Gasteiger partial charge in [0, 0.05) is 11.8 Å². The van der Waals surface area contributed by atoms with Gasteiger partial charge in [-0.1, -0.05) is 12.1 Å². The monoisotopic (exact) mass is 243 g/mol. The van der Waals surface area contributed by atoms with E-state index >= 15 is 0 Å². The first-order valence-corrected chi connectivity index (χ1v) is 5.81. The minimum absolute atomic E-state index is 0.527. The van der Waals surface area contributed by atoms with E-state index in [2.05, 4.69) is 0 Å². The Bertz CT molecular complexity index is 538. The van der Waals surface area contributed by atoms with Crippen LogP contribution in [0.2, 0.25) is 0 Å². The summed E-state index contributed by atoms with van der Waals surface area (Å²) < 4.78 is 10.9. The largest absolute Gasteiger partial charge is 0.497 e. The molecule has 3 heteroatoms. The number of benzene rings is 2. The topological polar surface area (TPSA) is 44.5 Å². The number of nitrogen functional groups attached to an aromatic ring is 1. The molecule has 2 N–H and O–H groups in total. The van der Waals surface area contributed by atoms with Gasteiger partial charge in [-0.15, -0.1) is 0 Å². The number of methoxy groups -OCH3 is 1. The van der Waals surface area contributed by atoms with E-state index in [-0.39, 0.29) is 0 Å². The minimum atomic E-state index is 0.527. The zero-order chi connectivity index (χ0) is 13.0. The van der Waals surface area contributed by atoms with E-state index in [1.54, 1.807) is 7.11 Å². The lowest BCUT2D eigenvalue weighted by Crippen LogP contribution is -1.99. The van der Waals surface area contributed by atoms with E-state index in [4.69, 9.17) is 15.2 Å². The number of hydrogen-bond acceptors (Lipinski definition) is 3. The molecule has 0 saturated carbocycles. The molecule has 0 saturated heterocycles. The molecule has 0 aliphatic rings. The third kappa shape index (κ3) is 2.94. The molecule has 0 fully saturated rings. The van der Waals surface area contributed by atoms with Gasteiger partial charge in [0.2, 0.25) is 0 Å². The fourth-order valence-electron chi connectivity index (χ4n) is 1.73. The molecule has 2 rings (SSSR count). The molecule has 94 valence electrons. The predicted octanol–water partition coefficient (Wildman–Crippen LogP) is 3.16. The van der Waals surface area contributed by atoms with E-state index in [0.29, 0.717) is 6.61 Å². The van der Waals surface area contributed by atoms with Gasteiger partial charge < -0.3 is 15.2 Å². The fraction of sp³-hybridized carbons (Fsp3) is 0.200. The SMILES string of the molecule is COc1cccc(OCc2ccc(N)cc2C)c1. The highest BCUT2D eigenvalue weighted by Crippen LogP contribution is 2.21. The Balaban J connectivity index is 2.06. The van der Waals surface area contributed by atoms with Crippen LogP contribution >= 0.6 is 0 Å². The van der Waals surface area contributed by atoms with Crippen molar-refractivity contribution >= 4 is 5.69 Å². The van der Waals surface area contributed by atoms with Crippen molar-refractivity contribution in [3.8, 4) is 11.5 Å². The Labute approximate surface area is 107 Å². The molecule has 0 atom stereocenters. The lowest BCUT2D eigenvalue weighted by Gasteiger charge is -2.10. The van der Waals surface area contributed by atoms with Crippen LogP contribution in [0.15, 0.2) is 42.5 Å². The lowest BCUT2D eigenvalue weighted by molar-refractivity contribution is 0.303. The molecule has 0 heterocycles. The minimum Gasteiger partial charge on any atom is -0.497 e. The number of anilines is 1. The summed E-state index contributed by atoms with van der Waals surface area (Å²) in [5.41, 5.74) is 8.76. The summed E-state index contributed by atoms with van der Waals surface area (Å²) in [6, 6.07) is 13.4. The van der Waals surface area contributed by atoms with Gasteiger partial charge in [-0.05, 0) is 42.3 Å². The second kappa shape index (κ2) is 5.45. The Hall–Kier alpha value is -2.16. The smallest absolute Gasteiger partial charge is 0.123 e. The van der Waals surface area contributed by atoms with Crippen LogP contribution in [0, 0.1) is 6.92 Å². The summed E-state index contributed by atoms with van der Waals surface area (Å²) in [6.07, 6.45) is 0. The molecule has 2 aromatic rings. The highest BCUT2D eigenvalue weighted by atomic mass is 16.5. The molecule has 0 spiro atoms. The Morgan fingerprint density at radius 3 is 2.56 bits per heavy atom. The molecular formula is C15H17NO2. The number of nitrogens with two attached hydrogens (primary N) is 1. The molecule has 0 radical (unpaired) electrons. The number of hydrogen-bond donors (Lipinski definition) is 1. The summed E-state index contributed by atoms with van der Waals surface area (Å²) in [5, 5.41) is 0. The maximum atomic E-state index is 5.73. The van der Waals surface area contributed by atoms with Crippen LogP contribution in [-0.2, 0) is 6.61 Å². The first-order chi connectivity index (χ1) is 8.69. The third-order valence-electron chi connectivity index (χ3n) is 2.80. The van der Waals surface area contributed by atoms with Crippen molar-refractivity contribution in [3.63, 3.8) is 0 Å². The third-order valence-corrected chi connectivity index (χ3v) is 2.80. The van der Waals surface area contributed by atoms with Gasteiger partial charge in [0.1, 0.15) is 18.1 Å². The van der Waals surface area contributed by atoms with Crippen LogP contribution in [0.4, 0.5) is 5.69 Å². The fourth-order valence-corrected chi connectivity index (χ4v) is 1.73. The van der Waals surface area contributed by atoms with E-state index < -0.39 is 0 Å². The summed E-state index contributed by atoms with van der Waals surface area (Å²) in [5.74, 6) is 1.59. The molecular weight excluding hydrogens is 226 g/mol. The Morgan fingerprint density at radius 1 is 1.06 bits per heavy atom. The number of ether oxygens (including phenoxy) is 2. The van der Waals surface area contributed by atoms with Crippen molar-refractivity contribution < 1.29 is 9.47 Å².